The molecule has 0 spiro atoms. The largest absolute Gasteiger partial charge is 0.311 e. The summed E-state index contributed by atoms with van der Waals surface area (Å²) in [6, 6.07) is 80.4. The highest BCUT2D eigenvalue weighted by molar-refractivity contribution is 6.09. The summed E-state index contributed by atoms with van der Waals surface area (Å²) < 4.78 is 4.79. The third-order valence-corrected chi connectivity index (χ3v) is 15.6. The van der Waals surface area contributed by atoms with Crippen molar-refractivity contribution in [3.63, 3.8) is 0 Å². The zero-order valence-electron chi connectivity index (χ0n) is 41.6. The molecule has 0 aliphatic heterocycles. The molecule has 0 radical (unpaired) electrons. The van der Waals surface area contributed by atoms with Crippen LogP contribution in [0.1, 0.15) is 24.1 Å². The van der Waals surface area contributed by atoms with Gasteiger partial charge in [-0.15, -0.1) is 0 Å². The van der Waals surface area contributed by atoms with E-state index in [2.05, 4.69) is 293 Å². The maximum absolute atomic E-state index is 2.44. The van der Waals surface area contributed by atoms with Crippen LogP contribution in [0.2, 0.25) is 0 Å². The molecule has 11 aromatic rings. The summed E-state index contributed by atoms with van der Waals surface area (Å²) in [6.45, 7) is 0. The minimum absolute atomic E-state index is 0.184. The van der Waals surface area contributed by atoms with Crippen molar-refractivity contribution in [3.8, 4) is 55.9 Å². The smallest absolute Gasteiger partial charge is 0.0541 e. The first-order valence-electron chi connectivity index (χ1n) is 26.3. The number of para-hydroxylation sites is 3. The molecule has 0 fully saturated rings. The average Bonchev–Trinajstić information content (AvgIpc) is 4.15. The third-order valence-electron chi connectivity index (χ3n) is 15.6. The molecule has 14 rings (SSSR count). The van der Waals surface area contributed by atoms with E-state index >= 15 is 0 Å². The highest BCUT2D eigenvalue weighted by atomic mass is 15.2. The lowest BCUT2D eigenvalue weighted by atomic mass is 9.95. The minimum Gasteiger partial charge on any atom is -0.311 e. The summed E-state index contributed by atoms with van der Waals surface area (Å²) in [5.41, 5.74) is 23.2. The van der Waals surface area contributed by atoms with Crippen LogP contribution in [0.5, 0.6) is 0 Å². The number of nitrogens with zero attached hydrogens (tertiary/aromatic N) is 3. The van der Waals surface area contributed by atoms with Gasteiger partial charge in [0.1, 0.15) is 0 Å². The van der Waals surface area contributed by atoms with Crippen molar-refractivity contribution in [2.75, 3.05) is 4.90 Å². The van der Waals surface area contributed by atoms with Gasteiger partial charge in [-0.2, -0.15) is 0 Å². The number of anilines is 2. The van der Waals surface area contributed by atoms with Gasteiger partial charge in [-0.25, -0.2) is 0 Å². The number of rotatable bonds is 10. The van der Waals surface area contributed by atoms with Crippen LogP contribution in [-0.2, 0) is 6.42 Å². The molecule has 9 aromatic carbocycles. The molecule has 0 bridgehead atoms. The van der Waals surface area contributed by atoms with E-state index in [1.165, 1.54) is 105 Å². The summed E-state index contributed by atoms with van der Waals surface area (Å²) in [7, 11) is 0. The number of fused-ring (bicyclic) bond motifs is 6. The number of hydrogen-bond donors (Lipinski definition) is 0. The molecule has 0 N–H and O–H groups in total. The van der Waals surface area contributed by atoms with Gasteiger partial charge in [0.15, 0.2) is 0 Å². The van der Waals surface area contributed by atoms with Crippen molar-refractivity contribution in [3.05, 3.63) is 296 Å². The van der Waals surface area contributed by atoms with Crippen molar-refractivity contribution in [1.82, 2.24) is 9.13 Å². The molecule has 0 saturated carbocycles. The first kappa shape index (κ1) is 44.3. The van der Waals surface area contributed by atoms with Crippen LogP contribution >= 0.6 is 0 Å². The molecule has 0 amide bonds. The molecule has 2 aromatic heterocycles. The van der Waals surface area contributed by atoms with Crippen molar-refractivity contribution >= 4 is 50.2 Å². The first-order chi connectivity index (χ1) is 37.2. The van der Waals surface area contributed by atoms with Gasteiger partial charge in [0.05, 0.1) is 16.6 Å². The summed E-state index contributed by atoms with van der Waals surface area (Å²) in [5, 5.41) is 3.91. The fraction of sp³-hybridized carbons (Fsp3) is 0.0556. The van der Waals surface area contributed by atoms with Gasteiger partial charge in [-0.05, 0) is 148 Å². The van der Waals surface area contributed by atoms with Gasteiger partial charge in [0, 0.05) is 56.2 Å². The summed E-state index contributed by atoms with van der Waals surface area (Å²) in [6.07, 6.45) is 25.6. The monoisotopic (exact) mass is 959 g/mol. The molecule has 3 aliphatic carbocycles. The highest BCUT2D eigenvalue weighted by Gasteiger charge is 2.25. The molecule has 75 heavy (non-hydrogen) atoms. The van der Waals surface area contributed by atoms with Crippen LogP contribution in [0.3, 0.4) is 0 Å². The SMILES string of the molecule is C1=CC=CC(C2=CCC=C2N(c2ccc(-c3ccc(-c4ccc(-n5c6c(c7ccccc75)CCC=C6)cc4)cc3)cc2)c2ccc(-c3ccc(-c4ccc(-n5c6ccccc6c6ccccc65)cc4)cc3)cc2)C=C1. The van der Waals surface area contributed by atoms with Crippen LogP contribution in [0.15, 0.2) is 284 Å². The quantitative estimate of drug-likeness (QED) is 0.133. The Balaban J connectivity index is 0.718. The second-order valence-corrected chi connectivity index (χ2v) is 19.9. The van der Waals surface area contributed by atoms with Crippen molar-refractivity contribution in [2.45, 2.75) is 19.3 Å². The Morgan fingerprint density at radius 2 is 0.773 bits per heavy atom. The number of allylic oxidation sites excluding steroid dienone is 10. The normalized spacial score (nSPS) is 14.1. The van der Waals surface area contributed by atoms with Crippen LogP contribution < -0.4 is 4.90 Å². The standard InChI is InChI=1S/C72H53N3/c1-2-4-15-58(14-3-1)63-20-13-25-68(63)73(59-42-34-54(35-43-59)50-26-30-52(31-27-50)56-38-46-61(47-39-56)74-69-21-9-5-16-64(69)65-17-6-10-22-70(65)74)60-44-36-55(37-45-60)51-28-32-53(33-29-51)57-40-48-62(49-41-57)75-71-23-11-7-18-66(71)67-19-8-12-24-72(67)75/h1-7,9-12,14-18,20-49,58H,8,13,19H2. The number of aromatic nitrogens is 2. The molecule has 0 atom stereocenters. The van der Waals surface area contributed by atoms with Gasteiger partial charge in [-0.3, -0.25) is 0 Å². The van der Waals surface area contributed by atoms with E-state index in [0.29, 0.717) is 0 Å². The number of hydrogen-bond acceptors (Lipinski definition) is 1. The molecule has 356 valence electrons. The van der Waals surface area contributed by atoms with Gasteiger partial charge in [0.2, 0.25) is 0 Å². The zero-order valence-corrected chi connectivity index (χ0v) is 41.6. The predicted molar refractivity (Wildman–Crippen MR) is 317 cm³/mol. The predicted octanol–water partition coefficient (Wildman–Crippen LogP) is 19.0. The molecular weight excluding hydrogens is 907 g/mol. The van der Waals surface area contributed by atoms with E-state index in [9.17, 15) is 0 Å². The number of aryl methyl sites for hydroxylation is 1. The lowest BCUT2D eigenvalue weighted by molar-refractivity contribution is 0.962. The second kappa shape index (κ2) is 18.9. The van der Waals surface area contributed by atoms with Gasteiger partial charge >= 0.3 is 0 Å². The van der Waals surface area contributed by atoms with Gasteiger partial charge in [-0.1, -0.05) is 206 Å². The average molecular weight is 960 g/mol. The first-order valence-corrected chi connectivity index (χ1v) is 26.3. The van der Waals surface area contributed by atoms with E-state index in [-0.39, 0.29) is 5.92 Å². The Kier molecular flexibility index (Phi) is 11.1. The summed E-state index contributed by atoms with van der Waals surface area (Å²) in [5.74, 6) is 0.184. The van der Waals surface area contributed by atoms with E-state index in [1.807, 2.05) is 0 Å². The van der Waals surface area contributed by atoms with Gasteiger partial charge in [0.25, 0.3) is 0 Å². The lowest BCUT2D eigenvalue weighted by Crippen LogP contribution is -2.19. The van der Waals surface area contributed by atoms with Crippen LogP contribution in [-0.4, -0.2) is 9.13 Å². The van der Waals surface area contributed by atoms with E-state index in [0.717, 1.165) is 36.3 Å². The van der Waals surface area contributed by atoms with E-state index in [4.69, 9.17) is 0 Å². The van der Waals surface area contributed by atoms with Crippen LogP contribution in [0.25, 0.3) is 94.7 Å². The molecule has 3 nitrogen and oxygen atoms in total. The Morgan fingerprint density at radius 3 is 1.25 bits per heavy atom. The second-order valence-electron chi connectivity index (χ2n) is 19.9. The minimum atomic E-state index is 0.184. The van der Waals surface area contributed by atoms with Crippen LogP contribution in [0, 0.1) is 5.92 Å². The summed E-state index contributed by atoms with van der Waals surface area (Å²) >= 11 is 0. The Labute approximate surface area is 438 Å². The van der Waals surface area contributed by atoms with E-state index in [1.54, 1.807) is 0 Å². The van der Waals surface area contributed by atoms with Crippen LogP contribution in [0.4, 0.5) is 11.4 Å². The van der Waals surface area contributed by atoms with Crippen molar-refractivity contribution in [1.29, 1.82) is 0 Å². The van der Waals surface area contributed by atoms with Gasteiger partial charge < -0.3 is 14.0 Å². The fourth-order valence-electron chi connectivity index (χ4n) is 11.8. The topological polar surface area (TPSA) is 13.1 Å². The third kappa shape index (κ3) is 8.01. The molecule has 3 heteroatoms. The Hall–Kier alpha value is -9.44. The Bertz CT molecular complexity index is 4060. The molecule has 2 heterocycles. The highest BCUT2D eigenvalue weighted by Crippen LogP contribution is 2.42. The molecule has 0 saturated heterocycles. The molecular formula is C72H53N3. The lowest BCUT2D eigenvalue weighted by Gasteiger charge is -2.30. The molecule has 3 aliphatic rings. The fourth-order valence-corrected chi connectivity index (χ4v) is 11.8. The zero-order chi connectivity index (χ0) is 49.7. The van der Waals surface area contributed by atoms with E-state index < -0.39 is 0 Å². The molecule has 0 unspecified atom stereocenters. The maximum atomic E-state index is 2.44. The Morgan fingerprint density at radius 1 is 0.373 bits per heavy atom. The maximum Gasteiger partial charge on any atom is 0.0541 e. The van der Waals surface area contributed by atoms with Crippen molar-refractivity contribution in [2.24, 2.45) is 5.92 Å². The van der Waals surface area contributed by atoms with Crippen molar-refractivity contribution < 1.29 is 0 Å². The summed E-state index contributed by atoms with van der Waals surface area (Å²) in [4.78, 5) is 2.44. The number of benzene rings is 9.